The molecule has 1 aromatic heterocycles. The van der Waals surface area contributed by atoms with Gasteiger partial charge in [-0.3, -0.25) is 53.0 Å². The number of thiazole rings is 1. The van der Waals surface area contributed by atoms with E-state index in [1.54, 1.807) is 74.7 Å². The molecular formula is C80H126BN13O16S2. The minimum atomic E-state index is -1.11. The summed E-state index contributed by atoms with van der Waals surface area (Å²) in [5.74, 6) is -5.52. The van der Waals surface area contributed by atoms with E-state index in [-0.39, 0.29) is 143 Å². The number of carbonyl (C=O) groups excluding carboxylic acids is 11. The van der Waals surface area contributed by atoms with E-state index in [2.05, 4.69) is 52.7 Å². The fourth-order valence-electron chi connectivity index (χ4n) is 13.2. The van der Waals surface area contributed by atoms with Gasteiger partial charge in [-0.15, -0.1) is 11.3 Å². The van der Waals surface area contributed by atoms with Gasteiger partial charge in [0.05, 0.1) is 18.4 Å². The first-order chi connectivity index (χ1) is 53.2. The smallest absolute Gasteiger partial charge is 0.415 e. The average molecular weight is 1600 g/mol. The highest BCUT2D eigenvalue weighted by molar-refractivity contribution is 8.20. The molecule has 0 saturated carbocycles. The molecule has 2 heterocycles. The van der Waals surface area contributed by atoms with Crippen LogP contribution in [0.3, 0.4) is 0 Å². The minimum Gasteiger partial charge on any atom is -0.481 e. The Morgan fingerprint density at radius 3 is 1.97 bits per heavy atom. The van der Waals surface area contributed by atoms with Crippen LogP contribution >= 0.6 is 22.9 Å². The number of unbranched alkanes of at least 4 members (excludes halogenated alkanes) is 3. The molecular weight excluding hydrogens is 1470 g/mol. The number of rotatable bonds is 52. The van der Waals surface area contributed by atoms with Gasteiger partial charge in [-0.1, -0.05) is 127 Å². The zero-order chi connectivity index (χ0) is 83.4. The summed E-state index contributed by atoms with van der Waals surface area (Å²) in [5, 5.41) is 29.1. The molecule has 9 N–H and O–H groups in total. The highest BCUT2D eigenvalue weighted by Crippen LogP contribution is 2.43. The fourth-order valence-corrected chi connectivity index (χ4v) is 14.7. The Morgan fingerprint density at radius 1 is 0.732 bits per heavy atom. The summed E-state index contributed by atoms with van der Waals surface area (Å²) in [6, 6.07) is 8.48. The number of anilines is 1. The van der Waals surface area contributed by atoms with Crippen molar-refractivity contribution in [3.05, 3.63) is 75.7 Å². The highest BCUT2D eigenvalue weighted by atomic mass is 32.2. The third-order valence-corrected chi connectivity index (χ3v) is 22.7. The highest BCUT2D eigenvalue weighted by Gasteiger charge is 2.49. The summed E-state index contributed by atoms with van der Waals surface area (Å²) in [7, 11) is 10.9. The molecule has 1 aliphatic rings. The van der Waals surface area contributed by atoms with E-state index >= 15 is 0 Å². The molecule has 4 rings (SSSR count). The molecule has 0 aliphatic carbocycles. The summed E-state index contributed by atoms with van der Waals surface area (Å²) >= 11 is 2.41. The molecule has 0 bridgehead atoms. The fraction of sp³-hybridized carbons (Fsp3) is 0.662. The first kappa shape index (κ1) is 96.0. The maximum absolute atomic E-state index is 14.8. The Bertz CT molecular complexity index is 3500. The molecule has 112 heavy (non-hydrogen) atoms. The molecule has 1 saturated heterocycles. The Labute approximate surface area is 672 Å². The first-order valence-electron chi connectivity index (χ1n) is 39.7. The van der Waals surface area contributed by atoms with Crippen LogP contribution in [0.2, 0.25) is 0 Å². The lowest BCUT2D eigenvalue weighted by Crippen LogP contribution is -2.56. The number of amides is 12. The van der Waals surface area contributed by atoms with Crippen molar-refractivity contribution in [1.29, 1.82) is 0 Å². The topological polar surface area (TPSA) is 380 Å². The Kier molecular flexibility index (Phi) is 42.3. The number of likely N-dealkylation sites (tertiary alicyclic amines) is 1. The van der Waals surface area contributed by atoms with Gasteiger partial charge in [-0.2, -0.15) is 0 Å². The van der Waals surface area contributed by atoms with E-state index in [1.807, 2.05) is 58.4 Å². The number of likely N-dealkylation sites (N-methyl/N-ethyl adjacent to an activating group) is 3. The number of hydrogen-bond acceptors (Lipinski definition) is 19. The van der Waals surface area contributed by atoms with Gasteiger partial charge in [0.15, 0.2) is 7.12 Å². The zero-order valence-corrected chi connectivity index (χ0v) is 70.3. The lowest BCUT2D eigenvalue weighted by atomic mass is 9.85. The van der Waals surface area contributed by atoms with Crippen molar-refractivity contribution in [1.82, 2.24) is 56.1 Å². The average Bonchev–Trinajstić information content (AvgIpc) is 1.65. The largest absolute Gasteiger partial charge is 0.481 e. The third-order valence-electron chi connectivity index (χ3n) is 20.5. The summed E-state index contributed by atoms with van der Waals surface area (Å²) < 4.78 is 17.2. The van der Waals surface area contributed by atoms with Crippen LogP contribution in [0.15, 0.2) is 53.9 Å². The maximum atomic E-state index is 14.8. The molecule has 0 spiro atoms. The number of benzene rings is 2. The predicted molar refractivity (Wildman–Crippen MR) is 435 cm³/mol. The zero-order valence-electron chi connectivity index (χ0n) is 68.7. The van der Waals surface area contributed by atoms with Crippen molar-refractivity contribution in [3.8, 4) is 5.75 Å². The number of nitrogens with zero attached hydrogens (tertiary/aromatic N) is 6. The van der Waals surface area contributed by atoms with Gasteiger partial charge in [0, 0.05) is 101 Å². The van der Waals surface area contributed by atoms with Gasteiger partial charge < -0.3 is 71.7 Å². The molecule has 3 aromatic rings. The van der Waals surface area contributed by atoms with Crippen LogP contribution in [0.1, 0.15) is 219 Å². The second kappa shape index (κ2) is 49.3. The van der Waals surface area contributed by atoms with Crippen LogP contribution in [0.4, 0.5) is 20.1 Å². The number of carboxylic acids is 1. The van der Waals surface area contributed by atoms with Gasteiger partial charge >= 0.3 is 24.2 Å². The normalized spacial score (nSPS) is 15.1. The summed E-state index contributed by atoms with van der Waals surface area (Å²) in [6.45, 7) is 25.4. The van der Waals surface area contributed by atoms with Crippen molar-refractivity contribution >= 4 is 107 Å². The Balaban J connectivity index is 1.31. The van der Waals surface area contributed by atoms with Gasteiger partial charge in [-0.05, 0) is 137 Å². The monoisotopic (exact) mass is 1600 g/mol. The SMILES string of the molecule is [B]SC(CC)(CC)C1CC(=O)N(CCCCCC(=O)N[C@@H](C(=O)N[C@H](CCCNC(N)=O)C(=O)Nc2ccc(COC(=O)N(C)CCN(C)C(=O)Oc3ccc(C[C@@H](C[C@H](C)C(=O)O)NC(=O)c4csc([C@@H](C[C@H](C(C)C)N(CCC)C(=O)[C@@H](NC(=O)CN(C)CCCC)[C@@H](C)CC)OCCC)n4)cc3)cc2)C(C)C)C1=O. The van der Waals surface area contributed by atoms with Gasteiger partial charge in [0.25, 0.3) is 5.91 Å². The lowest BCUT2D eigenvalue weighted by molar-refractivity contribution is -0.142. The number of ether oxygens (including phenoxy) is 3. The number of imide groups is 1. The number of carbonyl (C=O) groups is 12. The van der Waals surface area contributed by atoms with E-state index in [0.29, 0.717) is 92.8 Å². The molecule has 1 fully saturated rings. The standard InChI is InChI=1S/C80H126BN13O16S2/c1-16-22-39-90(13)48-66(96)89-69(53(11)19-4)75(102)93(38-17-2)63(51(7)8)47-64(108-43-18-3)73-87-62(50-111-73)71(99)85-58(44-54(12)76(103)104)45-55-31-35-59(36-32-55)110-79(107)92(15)42-41-91(14)78(106)109-49-56-29-33-57(34-30-56)84-70(98)61(27-26-37-83-77(82)105)86-72(100)68(52(9)10)88-65(95)28-24-23-25-40-94-67(97)46-60(74(94)101)80(20-5,21-6)112-81/h29-36,50-54,58,60-61,63-64,68-69H,16-28,37-49H2,1-15H3,(H,84,98)(H,85,99)(H,86,100)(H,88,95)(H,89,96)(H,103,104)(H3,82,83,105)/t53-,54-,58+,60?,61+,63+,64+,68+,69-/m0/s1. The van der Waals surface area contributed by atoms with Crippen LogP contribution in [-0.2, 0) is 60.9 Å². The van der Waals surface area contributed by atoms with Crippen LogP contribution < -0.4 is 42.4 Å². The minimum absolute atomic E-state index is 0.0179. The van der Waals surface area contributed by atoms with Crippen LogP contribution in [0, 0.1) is 29.6 Å². The van der Waals surface area contributed by atoms with Crippen LogP contribution in [-0.4, -0.2) is 222 Å². The van der Waals surface area contributed by atoms with Gasteiger partial charge in [0.1, 0.15) is 47.3 Å². The van der Waals surface area contributed by atoms with E-state index in [9.17, 15) is 62.6 Å². The van der Waals surface area contributed by atoms with E-state index in [1.165, 1.54) is 40.1 Å². The lowest BCUT2D eigenvalue weighted by Gasteiger charge is -2.39. The number of urea groups is 1. The quantitative estimate of drug-likeness (QED) is 0.0148. The molecule has 1 unspecified atom stereocenters. The molecule has 29 nitrogen and oxygen atoms in total. The molecule has 1 aliphatic heterocycles. The van der Waals surface area contributed by atoms with Crippen molar-refractivity contribution < 1.29 is 76.9 Å². The number of nitrogens with one attached hydrogen (secondary N) is 6. The number of primary amides is 1. The number of nitrogens with two attached hydrogens (primary N) is 1. The number of aromatic nitrogens is 1. The van der Waals surface area contributed by atoms with Crippen LogP contribution in [0.5, 0.6) is 5.75 Å². The summed E-state index contributed by atoms with van der Waals surface area (Å²) in [4.78, 5) is 172. The van der Waals surface area contributed by atoms with Crippen molar-refractivity contribution in [2.75, 3.05) is 78.9 Å². The maximum Gasteiger partial charge on any atom is 0.415 e. The van der Waals surface area contributed by atoms with E-state index in [0.717, 1.165) is 31.0 Å². The van der Waals surface area contributed by atoms with Crippen molar-refractivity contribution in [2.24, 2.45) is 35.3 Å². The molecule has 9 atom stereocenters. The Morgan fingerprint density at radius 2 is 1.38 bits per heavy atom. The molecule has 12 amide bonds. The van der Waals surface area contributed by atoms with Crippen LogP contribution in [0.25, 0.3) is 0 Å². The number of aliphatic carboxylic acids is 1. The second-order valence-corrected chi connectivity index (χ2v) is 32.0. The molecule has 622 valence electrons. The van der Waals surface area contributed by atoms with E-state index in [4.69, 9.17) is 32.1 Å². The summed E-state index contributed by atoms with van der Waals surface area (Å²) in [6.07, 6.45) is 6.09. The predicted octanol–water partition coefficient (Wildman–Crippen LogP) is 10.0. The van der Waals surface area contributed by atoms with Crippen molar-refractivity contribution in [3.63, 3.8) is 0 Å². The second-order valence-electron chi connectivity index (χ2n) is 30.1. The Hall–Kier alpha value is -8.36. The third kappa shape index (κ3) is 31.2. The molecule has 2 aromatic carbocycles. The summed E-state index contributed by atoms with van der Waals surface area (Å²) in [5.41, 5.74) is 7.03. The number of hydrogen-bond donors (Lipinski definition) is 8. The first-order valence-corrected chi connectivity index (χ1v) is 41.5. The molecule has 32 heteroatoms. The van der Waals surface area contributed by atoms with Crippen molar-refractivity contribution in [2.45, 2.75) is 240 Å². The van der Waals surface area contributed by atoms with Gasteiger partial charge in [-0.25, -0.2) is 31.0 Å². The van der Waals surface area contributed by atoms with E-state index < -0.39 is 88.8 Å². The number of carboxylic acid groups (broad SMARTS) is 1. The molecule has 2 radical (unpaired) electrons. The van der Waals surface area contributed by atoms with Gasteiger partial charge in [0.2, 0.25) is 41.4 Å².